The second-order valence-electron chi connectivity index (χ2n) is 5.24. The fourth-order valence-corrected chi connectivity index (χ4v) is 2.12. The minimum Gasteiger partial charge on any atom is -0.449 e. The van der Waals surface area contributed by atoms with Crippen LogP contribution in [0.1, 0.15) is 22.8 Å². The van der Waals surface area contributed by atoms with Crippen LogP contribution in [0.5, 0.6) is 0 Å². The summed E-state index contributed by atoms with van der Waals surface area (Å²) < 4.78 is 4.98. The molecule has 26 heavy (non-hydrogen) atoms. The van der Waals surface area contributed by atoms with E-state index in [9.17, 15) is 14.4 Å². The van der Waals surface area contributed by atoms with Gasteiger partial charge in [0.25, 0.3) is 11.8 Å². The zero-order chi connectivity index (χ0) is 18.9. The van der Waals surface area contributed by atoms with Crippen LogP contribution in [-0.2, 0) is 14.3 Å². The topological polar surface area (TPSA) is 84.5 Å². The smallest absolute Gasteiger partial charge is 0.331 e. The van der Waals surface area contributed by atoms with Gasteiger partial charge in [0, 0.05) is 16.7 Å². The van der Waals surface area contributed by atoms with E-state index >= 15 is 0 Å². The van der Waals surface area contributed by atoms with Crippen LogP contribution in [0.25, 0.3) is 6.08 Å². The molecule has 134 valence electrons. The maximum atomic E-state index is 11.9. The van der Waals surface area contributed by atoms with Gasteiger partial charge in [-0.1, -0.05) is 48.0 Å². The second kappa shape index (κ2) is 9.39. The molecule has 0 fully saturated rings. The zero-order valence-corrected chi connectivity index (χ0v) is 14.7. The Morgan fingerprint density at radius 2 is 1.65 bits per heavy atom. The first-order valence-corrected chi connectivity index (χ1v) is 8.13. The molecule has 7 heteroatoms. The van der Waals surface area contributed by atoms with Crippen LogP contribution < -0.4 is 10.9 Å². The average molecular weight is 373 g/mol. The fourth-order valence-electron chi connectivity index (χ4n) is 1.92. The summed E-state index contributed by atoms with van der Waals surface area (Å²) in [6.07, 6.45) is 1.58. The summed E-state index contributed by atoms with van der Waals surface area (Å²) >= 11 is 5.98. The molecule has 2 aromatic carbocycles. The summed E-state index contributed by atoms with van der Waals surface area (Å²) in [7, 11) is 0. The molecule has 2 aromatic rings. The van der Waals surface area contributed by atoms with Gasteiger partial charge in [0.1, 0.15) is 0 Å². The number of benzene rings is 2. The summed E-state index contributed by atoms with van der Waals surface area (Å²) in [5.41, 5.74) is 5.50. The summed E-state index contributed by atoms with van der Waals surface area (Å²) in [6.45, 7) is 1.39. The van der Waals surface area contributed by atoms with Crippen molar-refractivity contribution >= 4 is 35.5 Å². The van der Waals surface area contributed by atoms with Crippen LogP contribution >= 0.6 is 11.6 Å². The number of halogens is 1. The van der Waals surface area contributed by atoms with Crippen molar-refractivity contribution in [3.63, 3.8) is 0 Å². The first kappa shape index (κ1) is 19.2. The number of carbonyl (C=O) groups is 3. The van der Waals surface area contributed by atoms with E-state index in [4.69, 9.17) is 16.3 Å². The number of hydrazine groups is 1. The Labute approximate surface area is 155 Å². The van der Waals surface area contributed by atoms with Gasteiger partial charge in [0.15, 0.2) is 6.10 Å². The minimum absolute atomic E-state index is 0.389. The molecule has 0 aromatic heterocycles. The molecule has 0 spiro atoms. The molecular formula is C19H17ClN2O4. The molecule has 2 rings (SSSR count). The normalized spacial score (nSPS) is 11.6. The SMILES string of the molecule is C[C@H](OC(=O)/C=C/c1ccccc1Cl)C(=O)NNC(=O)c1ccccc1. The third kappa shape index (κ3) is 5.75. The number of carbonyl (C=O) groups excluding carboxylic acids is 3. The Hall–Kier alpha value is -3.12. The predicted octanol–water partition coefficient (Wildman–Crippen LogP) is 2.75. The van der Waals surface area contributed by atoms with Crippen molar-refractivity contribution in [1.29, 1.82) is 0 Å². The maximum Gasteiger partial charge on any atom is 0.331 e. The van der Waals surface area contributed by atoms with Gasteiger partial charge in [-0.25, -0.2) is 4.79 Å². The highest BCUT2D eigenvalue weighted by atomic mass is 35.5. The molecule has 0 saturated heterocycles. The molecule has 0 aliphatic heterocycles. The van der Waals surface area contributed by atoms with Crippen LogP contribution in [-0.4, -0.2) is 23.9 Å². The first-order chi connectivity index (χ1) is 12.5. The molecular weight excluding hydrogens is 356 g/mol. The number of amides is 2. The first-order valence-electron chi connectivity index (χ1n) is 7.76. The maximum absolute atomic E-state index is 11.9. The number of hydrogen-bond acceptors (Lipinski definition) is 4. The van der Waals surface area contributed by atoms with Crippen molar-refractivity contribution in [1.82, 2.24) is 10.9 Å². The van der Waals surface area contributed by atoms with Crippen molar-refractivity contribution < 1.29 is 19.1 Å². The van der Waals surface area contributed by atoms with Gasteiger partial charge in [-0.15, -0.1) is 0 Å². The van der Waals surface area contributed by atoms with E-state index in [0.717, 1.165) is 0 Å². The lowest BCUT2D eigenvalue weighted by atomic mass is 10.2. The molecule has 0 unspecified atom stereocenters. The Morgan fingerprint density at radius 1 is 1.00 bits per heavy atom. The molecule has 2 N–H and O–H groups in total. The largest absolute Gasteiger partial charge is 0.449 e. The van der Waals surface area contributed by atoms with Crippen molar-refractivity contribution in [2.75, 3.05) is 0 Å². The Bertz CT molecular complexity index is 821. The Morgan fingerprint density at radius 3 is 2.35 bits per heavy atom. The summed E-state index contributed by atoms with van der Waals surface area (Å²) in [6, 6.07) is 15.4. The minimum atomic E-state index is -1.09. The number of hydrogen-bond donors (Lipinski definition) is 2. The van der Waals surface area contributed by atoms with Crippen molar-refractivity contribution in [3.8, 4) is 0 Å². The van der Waals surface area contributed by atoms with Crippen LogP contribution in [0, 0.1) is 0 Å². The van der Waals surface area contributed by atoms with E-state index in [0.29, 0.717) is 16.1 Å². The van der Waals surface area contributed by atoms with Gasteiger partial charge in [-0.05, 0) is 36.8 Å². The monoisotopic (exact) mass is 372 g/mol. The van der Waals surface area contributed by atoms with Gasteiger partial charge < -0.3 is 4.74 Å². The molecule has 0 aliphatic rings. The second-order valence-corrected chi connectivity index (χ2v) is 5.65. The number of nitrogens with one attached hydrogen (secondary N) is 2. The molecule has 6 nitrogen and oxygen atoms in total. The van der Waals surface area contributed by atoms with Gasteiger partial charge >= 0.3 is 5.97 Å². The number of ether oxygens (including phenoxy) is 1. The van der Waals surface area contributed by atoms with Crippen molar-refractivity contribution in [2.45, 2.75) is 13.0 Å². The molecule has 1 atom stereocenters. The molecule has 0 aliphatic carbocycles. The van der Waals surface area contributed by atoms with E-state index in [1.165, 1.54) is 19.1 Å². The van der Waals surface area contributed by atoms with E-state index in [2.05, 4.69) is 10.9 Å². The lowest BCUT2D eigenvalue weighted by molar-refractivity contribution is -0.150. The van der Waals surface area contributed by atoms with Gasteiger partial charge in [0.2, 0.25) is 0 Å². The number of rotatable bonds is 5. The fraction of sp³-hybridized carbons (Fsp3) is 0.105. The lowest BCUT2D eigenvalue weighted by Gasteiger charge is -2.13. The molecule has 0 bridgehead atoms. The van der Waals surface area contributed by atoms with Crippen LogP contribution in [0.15, 0.2) is 60.7 Å². The van der Waals surface area contributed by atoms with Crippen molar-refractivity contribution in [2.24, 2.45) is 0 Å². The van der Waals surface area contributed by atoms with E-state index in [-0.39, 0.29) is 0 Å². The average Bonchev–Trinajstić information content (AvgIpc) is 2.65. The molecule has 0 radical (unpaired) electrons. The quantitative estimate of drug-likeness (QED) is 0.480. The molecule has 0 heterocycles. The highest BCUT2D eigenvalue weighted by Crippen LogP contribution is 2.16. The zero-order valence-electron chi connectivity index (χ0n) is 13.9. The van der Waals surface area contributed by atoms with E-state index < -0.39 is 23.9 Å². The summed E-state index contributed by atoms with van der Waals surface area (Å²) in [5.74, 6) is -1.84. The lowest BCUT2D eigenvalue weighted by Crippen LogP contribution is -2.46. The molecule has 2 amide bonds. The van der Waals surface area contributed by atoms with E-state index in [1.807, 2.05) is 0 Å². The summed E-state index contributed by atoms with van der Waals surface area (Å²) in [4.78, 5) is 35.5. The Kier molecular flexibility index (Phi) is 6.93. The van der Waals surface area contributed by atoms with Crippen LogP contribution in [0.3, 0.4) is 0 Å². The standard InChI is InChI=1S/C19H17ClN2O4/c1-13(18(24)21-22-19(25)15-8-3-2-4-9-15)26-17(23)12-11-14-7-5-6-10-16(14)20/h2-13H,1H3,(H,21,24)(H,22,25)/b12-11+/t13-/m0/s1. The third-order valence-corrected chi connectivity index (χ3v) is 3.65. The summed E-state index contributed by atoms with van der Waals surface area (Å²) in [5, 5.41) is 0.492. The predicted molar refractivity (Wildman–Crippen MR) is 98.1 cm³/mol. The van der Waals surface area contributed by atoms with E-state index in [1.54, 1.807) is 54.6 Å². The highest BCUT2D eigenvalue weighted by molar-refractivity contribution is 6.32. The Balaban J connectivity index is 1.82. The van der Waals surface area contributed by atoms with Gasteiger partial charge in [-0.2, -0.15) is 0 Å². The number of esters is 1. The van der Waals surface area contributed by atoms with Gasteiger partial charge in [-0.3, -0.25) is 20.4 Å². The van der Waals surface area contributed by atoms with Crippen LogP contribution in [0.4, 0.5) is 0 Å². The highest BCUT2D eigenvalue weighted by Gasteiger charge is 2.17. The van der Waals surface area contributed by atoms with Crippen LogP contribution in [0.2, 0.25) is 5.02 Å². The van der Waals surface area contributed by atoms with Gasteiger partial charge in [0.05, 0.1) is 0 Å². The third-order valence-electron chi connectivity index (χ3n) is 3.30. The van der Waals surface area contributed by atoms with Crippen molar-refractivity contribution in [3.05, 3.63) is 76.8 Å². The molecule has 0 saturated carbocycles.